The number of thiophene rings is 1. The maximum atomic E-state index is 5.91. The summed E-state index contributed by atoms with van der Waals surface area (Å²) in [7, 11) is 0. The molecule has 2 aromatic heterocycles. The van der Waals surface area contributed by atoms with Gasteiger partial charge in [-0.1, -0.05) is 30.1 Å². The van der Waals surface area contributed by atoms with Crippen LogP contribution in [0.25, 0.3) is 10.7 Å². The normalized spacial score (nSPS) is 10.6. The lowest BCUT2D eigenvalue weighted by atomic mass is 10.3. The Morgan fingerprint density at radius 1 is 1.27 bits per heavy atom. The van der Waals surface area contributed by atoms with Gasteiger partial charge in [0.2, 0.25) is 0 Å². The summed E-state index contributed by atoms with van der Waals surface area (Å²) in [4.78, 5) is 9.51. The molecule has 2 heterocycles. The molecule has 0 aliphatic heterocycles. The fourth-order valence-corrected chi connectivity index (χ4v) is 2.40. The van der Waals surface area contributed by atoms with Gasteiger partial charge in [0.1, 0.15) is 5.15 Å². The van der Waals surface area contributed by atoms with Crippen LogP contribution >= 0.6 is 34.5 Å². The van der Waals surface area contributed by atoms with E-state index in [2.05, 4.69) is 9.97 Å². The molecule has 2 aromatic rings. The zero-order valence-electron chi connectivity index (χ0n) is 8.00. The molecule has 0 aromatic carbocycles. The number of nitrogens with zero attached hydrogens (tertiary/aromatic N) is 2. The highest BCUT2D eigenvalue weighted by Gasteiger charge is 2.07. The maximum absolute atomic E-state index is 5.91. The Morgan fingerprint density at radius 2 is 2.07 bits per heavy atom. The van der Waals surface area contributed by atoms with E-state index in [4.69, 9.17) is 23.2 Å². The van der Waals surface area contributed by atoms with Crippen LogP contribution in [0.2, 0.25) is 10.2 Å². The van der Waals surface area contributed by atoms with Crippen molar-refractivity contribution in [1.82, 2.24) is 9.97 Å². The predicted octanol–water partition coefficient (Wildman–Crippen LogP) is 4.07. The van der Waals surface area contributed by atoms with Crippen molar-refractivity contribution in [3.8, 4) is 10.7 Å². The van der Waals surface area contributed by atoms with Crippen molar-refractivity contribution in [2.24, 2.45) is 0 Å². The Balaban J connectivity index is 2.48. The quantitative estimate of drug-likeness (QED) is 0.759. The van der Waals surface area contributed by atoms with Crippen LogP contribution in [0.15, 0.2) is 17.5 Å². The van der Waals surface area contributed by atoms with E-state index in [1.807, 2.05) is 18.4 Å². The third kappa shape index (κ3) is 2.48. The van der Waals surface area contributed by atoms with E-state index in [1.165, 1.54) is 11.3 Å². The molecule has 0 aliphatic carbocycles. The van der Waals surface area contributed by atoms with E-state index in [9.17, 15) is 0 Å². The zero-order chi connectivity index (χ0) is 10.8. The summed E-state index contributed by atoms with van der Waals surface area (Å²) < 4.78 is 0. The van der Waals surface area contributed by atoms with Crippen LogP contribution in [0.4, 0.5) is 0 Å². The minimum atomic E-state index is 0.473. The molecule has 0 radical (unpaired) electrons. The summed E-state index contributed by atoms with van der Waals surface area (Å²) in [6.07, 6.45) is 0.842. The standard InChI is InChI=1S/C10H8Cl2N2S/c1-2-7-4-9(12)14-10(13-7)8-3-6(11)5-15-8/h3-5H,2H2,1H3. The van der Waals surface area contributed by atoms with Gasteiger partial charge in [-0.3, -0.25) is 0 Å². The maximum Gasteiger partial charge on any atom is 0.171 e. The van der Waals surface area contributed by atoms with Gasteiger partial charge < -0.3 is 0 Å². The second-order valence-corrected chi connectivity index (χ2v) is 4.72. The van der Waals surface area contributed by atoms with Gasteiger partial charge in [-0.2, -0.15) is 0 Å². The molecule has 0 saturated carbocycles. The molecule has 0 unspecified atom stereocenters. The van der Waals surface area contributed by atoms with E-state index < -0.39 is 0 Å². The van der Waals surface area contributed by atoms with Crippen molar-refractivity contribution < 1.29 is 0 Å². The van der Waals surface area contributed by atoms with Crippen LogP contribution in [0, 0.1) is 0 Å². The molecule has 0 saturated heterocycles. The van der Waals surface area contributed by atoms with E-state index in [0.717, 1.165) is 17.0 Å². The molecule has 0 fully saturated rings. The Morgan fingerprint density at radius 3 is 2.67 bits per heavy atom. The van der Waals surface area contributed by atoms with Crippen molar-refractivity contribution in [3.63, 3.8) is 0 Å². The largest absolute Gasteiger partial charge is 0.232 e. The van der Waals surface area contributed by atoms with Crippen molar-refractivity contribution in [2.75, 3.05) is 0 Å². The molecule has 0 N–H and O–H groups in total. The van der Waals surface area contributed by atoms with Crippen molar-refractivity contribution in [2.45, 2.75) is 13.3 Å². The first kappa shape index (κ1) is 10.9. The van der Waals surface area contributed by atoms with Gasteiger partial charge in [0.05, 0.1) is 9.90 Å². The summed E-state index contributed by atoms with van der Waals surface area (Å²) >= 11 is 13.3. The highest BCUT2D eigenvalue weighted by Crippen LogP contribution is 2.28. The fraction of sp³-hybridized carbons (Fsp3) is 0.200. The van der Waals surface area contributed by atoms with Gasteiger partial charge in [-0.05, 0) is 18.6 Å². The molecule has 0 aliphatic rings. The van der Waals surface area contributed by atoms with Gasteiger partial charge in [-0.25, -0.2) is 9.97 Å². The Hall–Kier alpha value is -0.640. The van der Waals surface area contributed by atoms with Crippen molar-refractivity contribution in [3.05, 3.63) is 33.4 Å². The number of hydrogen-bond donors (Lipinski definition) is 0. The molecule has 0 spiro atoms. The van der Waals surface area contributed by atoms with Crippen LogP contribution in [0.5, 0.6) is 0 Å². The first-order chi connectivity index (χ1) is 7.19. The second kappa shape index (κ2) is 4.47. The summed E-state index contributed by atoms with van der Waals surface area (Å²) in [5.74, 6) is 0.649. The minimum absolute atomic E-state index is 0.473. The molecule has 0 atom stereocenters. The van der Waals surface area contributed by atoms with Crippen molar-refractivity contribution >= 4 is 34.5 Å². The first-order valence-electron chi connectivity index (χ1n) is 4.47. The summed E-state index contributed by atoms with van der Waals surface area (Å²) in [5, 5.41) is 3.03. The van der Waals surface area contributed by atoms with E-state index in [1.54, 1.807) is 6.07 Å². The summed E-state index contributed by atoms with van der Waals surface area (Å²) in [6, 6.07) is 3.62. The smallest absolute Gasteiger partial charge is 0.171 e. The Bertz CT molecular complexity index is 482. The number of aryl methyl sites for hydroxylation is 1. The highest BCUT2D eigenvalue weighted by molar-refractivity contribution is 7.14. The van der Waals surface area contributed by atoms with E-state index in [0.29, 0.717) is 16.0 Å². The average Bonchev–Trinajstić information content (AvgIpc) is 2.64. The number of halogens is 2. The van der Waals surface area contributed by atoms with Gasteiger partial charge in [-0.15, -0.1) is 11.3 Å². The first-order valence-corrected chi connectivity index (χ1v) is 6.10. The lowest BCUT2D eigenvalue weighted by Gasteiger charge is -2.00. The molecule has 78 valence electrons. The van der Waals surface area contributed by atoms with Gasteiger partial charge in [0, 0.05) is 11.1 Å². The molecular formula is C10H8Cl2N2S. The minimum Gasteiger partial charge on any atom is -0.232 e. The van der Waals surface area contributed by atoms with Gasteiger partial charge >= 0.3 is 0 Å². The number of aromatic nitrogens is 2. The average molecular weight is 259 g/mol. The lowest BCUT2D eigenvalue weighted by molar-refractivity contribution is 1.01. The van der Waals surface area contributed by atoms with Crippen LogP contribution in [0.3, 0.4) is 0 Å². The van der Waals surface area contributed by atoms with Crippen LogP contribution in [-0.4, -0.2) is 9.97 Å². The molecular weight excluding hydrogens is 251 g/mol. The predicted molar refractivity (Wildman–Crippen MR) is 64.7 cm³/mol. The van der Waals surface area contributed by atoms with Crippen molar-refractivity contribution in [1.29, 1.82) is 0 Å². The second-order valence-electron chi connectivity index (χ2n) is 2.99. The molecule has 0 amide bonds. The van der Waals surface area contributed by atoms with Gasteiger partial charge in [0.25, 0.3) is 0 Å². The van der Waals surface area contributed by atoms with E-state index >= 15 is 0 Å². The van der Waals surface area contributed by atoms with Crippen LogP contribution in [-0.2, 0) is 6.42 Å². The molecule has 5 heteroatoms. The third-order valence-electron chi connectivity index (χ3n) is 1.90. The summed E-state index contributed by atoms with van der Waals surface area (Å²) in [5.41, 5.74) is 0.939. The van der Waals surface area contributed by atoms with Gasteiger partial charge in [0.15, 0.2) is 5.82 Å². The van der Waals surface area contributed by atoms with Crippen LogP contribution < -0.4 is 0 Å². The lowest BCUT2D eigenvalue weighted by Crippen LogP contribution is -1.93. The monoisotopic (exact) mass is 258 g/mol. The SMILES string of the molecule is CCc1cc(Cl)nc(-c2cc(Cl)cs2)n1. The Labute approximate surface area is 102 Å². The number of hydrogen-bond acceptors (Lipinski definition) is 3. The third-order valence-corrected chi connectivity index (χ3v) is 3.37. The molecule has 2 rings (SSSR count). The molecule has 2 nitrogen and oxygen atoms in total. The molecule has 0 bridgehead atoms. The van der Waals surface area contributed by atoms with E-state index in [-0.39, 0.29) is 0 Å². The Kier molecular flexibility index (Phi) is 3.24. The number of rotatable bonds is 2. The van der Waals surface area contributed by atoms with Crippen LogP contribution in [0.1, 0.15) is 12.6 Å². The molecule has 15 heavy (non-hydrogen) atoms. The summed E-state index contributed by atoms with van der Waals surface area (Å²) in [6.45, 7) is 2.03. The zero-order valence-corrected chi connectivity index (χ0v) is 10.3. The topological polar surface area (TPSA) is 25.8 Å². The highest BCUT2D eigenvalue weighted by atomic mass is 35.5. The fourth-order valence-electron chi connectivity index (χ4n) is 1.19.